The van der Waals surface area contributed by atoms with Gasteiger partial charge in [0.2, 0.25) is 0 Å². The predicted molar refractivity (Wildman–Crippen MR) is 211 cm³/mol. The van der Waals surface area contributed by atoms with Crippen LogP contribution < -0.4 is 10.4 Å². The molecule has 0 saturated carbocycles. The van der Waals surface area contributed by atoms with Crippen LogP contribution in [0.1, 0.15) is 168 Å². The summed E-state index contributed by atoms with van der Waals surface area (Å²) in [5, 5.41) is 2.03. The summed E-state index contributed by atoms with van der Waals surface area (Å²) < 4.78 is 4.67. The first-order chi connectivity index (χ1) is 23.8. The molecule has 2 aromatic carbocycles. The number of Topliss-reactive ketones (excluding diaryl/α,β-unsaturated/α-hetero) is 1. The monoisotopic (exact) mass is 691 g/mol. The Labute approximate surface area is 301 Å². The van der Waals surface area contributed by atoms with Crippen molar-refractivity contribution in [3.63, 3.8) is 0 Å². The van der Waals surface area contributed by atoms with Crippen molar-refractivity contribution in [1.82, 2.24) is 0 Å². The fourth-order valence-corrected chi connectivity index (χ4v) is 10.9. The Morgan fingerprint density at radius 3 is 1.37 bits per heavy atom. The number of carbonyl (C=O) groups is 2. The predicted octanol–water partition coefficient (Wildman–Crippen LogP) is 11.2. The quantitative estimate of drug-likeness (QED) is 0.0383. The van der Waals surface area contributed by atoms with Crippen LogP contribution in [0.5, 0.6) is 0 Å². The molecule has 0 aromatic heterocycles. The number of allylic oxidation sites excluding steroid dienone is 2. The summed E-state index contributed by atoms with van der Waals surface area (Å²) in [6, 6.07) is 20.7. The number of benzene rings is 2. The summed E-state index contributed by atoms with van der Waals surface area (Å²) >= 11 is 0. The van der Waals surface area contributed by atoms with Gasteiger partial charge in [-0.15, -0.1) is 0 Å². The number of methoxy groups -OCH3 is 1. The largest absolute Gasteiger partial charge is 0.469 e. The molecule has 4 nitrogen and oxygen atoms in total. The molecule has 49 heavy (non-hydrogen) atoms. The molecule has 0 heterocycles. The lowest BCUT2D eigenvalue weighted by molar-refractivity contribution is -0.140. The van der Waals surface area contributed by atoms with E-state index >= 15 is 0 Å². The minimum absolute atomic E-state index is 0.0921. The van der Waals surface area contributed by atoms with Crippen molar-refractivity contribution in [2.45, 2.75) is 173 Å². The lowest BCUT2D eigenvalue weighted by Crippen LogP contribution is -2.65. The zero-order valence-corrected chi connectivity index (χ0v) is 32.6. The Balaban J connectivity index is 1.40. The number of rotatable bonds is 30. The first-order valence-corrected chi connectivity index (χ1v) is 21.8. The topological polar surface area (TPSA) is 63.6 Å². The van der Waals surface area contributed by atoms with Crippen molar-refractivity contribution >= 4 is 30.4 Å². The minimum atomic E-state index is -2.90. The van der Waals surface area contributed by atoms with E-state index in [1.54, 1.807) is 0 Å². The average Bonchev–Trinajstić information content (AvgIpc) is 3.12. The third-order valence-electron chi connectivity index (χ3n) is 10.3. The summed E-state index contributed by atoms with van der Waals surface area (Å²) in [6.07, 6.45) is 31.5. The minimum Gasteiger partial charge on any atom is -0.469 e. The first kappa shape index (κ1) is 42.7. The summed E-state index contributed by atoms with van der Waals surface area (Å²) in [6.45, 7) is 4.53. The van der Waals surface area contributed by atoms with E-state index in [2.05, 4.69) is 55.0 Å². The van der Waals surface area contributed by atoms with Crippen molar-refractivity contribution in [1.29, 1.82) is 0 Å². The van der Waals surface area contributed by atoms with Crippen molar-refractivity contribution in [3.8, 4) is 0 Å². The van der Waals surface area contributed by atoms with E-state index in [4.69, 9.17) is 0 Å². The van der Waals surface area contributed by atoms with Crippen LogP contribution in [-0.4, -0.2) is 32.0 Å². The maximum Gasteiger partial charge on any atom is 0.305 e. The third-order valence-corrected chi connectivity index (χ3v) is 14.9. The van der Waals surface area contributed by atoms with Gasteiger partial charge in [0, 0.05) is 19.3 Å². The number of carbonyl (C=O) groups excluding carboxylic acids is 2. The molecule has 0 aliphatic heterocycles. The zero-order valence-electron chi connectivity index (χ0n) is 31.6. The van der Waals surface area contributed by atoms with Crippen LogP contribution in [0.25, 0.3) is 0 Å². The standard InChI is InChI=1S/C44H70O4Si/c1-44(2,49(47,41-34-26-22-27-35-41)42-36-28-23-29-37-42)39-31-21-17-13-15-19-25-33-40(45)32-24-18-14-11-9-7-5-4-6-8-10-12-16-20-30-38-43(46)48-3/h4,6,22-23,26-29,34-37,47H,5,7-21,24-25,30-33,38-39H2,1-3H3/b6-4-. The third kappa shape index (κ3) is 17.8. The molecule has 2 rings (SSSR count). The Morgan fingerprint density at radius 1 is 0.571 bits per heavy atom. The molecule has 0 fully saturated rings. The van der Waals surface area contributed by atoms with Crippen molar-refractivity contribution in [2.75, 3.05) is 7.11 Å². The van der Waals surface area contributed by atoms with E-state index in [0.29, 0.717) is 12.2 Å². The molecule has 2 aromatic rings. The normalized spacial score (nSPS) is 12.1. The smallest absolute Gasteiger partial charge is 0.305 e. The van der Waals surface area contributed by atoms with Gasteiger partial charge in [0.15, 0.2) is 0 Å². The number of unbranched alkanes of at least 4 members (excludes halogenated alkanes) is 17. The fourth-order valence-electron chi connectivity index (χ4n) is 7.08. The molecule has 0 aliphatic carbocycles. The number of hydrogen-bond acceptors (Lipinski definition) is 4. The molecule has 274 valence electrons. The van der Waals surface area contributed by atoms with Gasteiger partial charge < -0.3 is 9.53 Å². The molecule has 0 bridgehead atoms. The van der Waals surface area contributed by atoms with E-state index in [0.717, 1.165) is 61.7 Å². The van der Waals surface area contributed by atoms with Gasteiger partial charge in [-0.25, -0.2) is 0 Å². The average molecular weight is 691 g/mol. The fraction of sp³-hybridized carbons (Fsp3) is 0.636. The highest BCUT2D eigenvalue weighted by molar-refractivity contribution is 6.98. The lowest BCUT2D eigenvalue weighted by Gasteiger charge is -2.41. The van der Waals surface area contributed by atoms with E-state index in [1.165, 1.54) is 103 Å². The Bertz CT molecular complexity index is 1100. The molecule has 1 N–H and O–H groups in total. The number of ether oxygens (including phenoxy) is 1. The molecule has 0 radical (unpaired) electrons. The molecule has 5 heteroatoms. The Kier molecular flexibility index (Phi) is 22.9. The molecular formula is C44H70O4Si. The van der Waals surface area contributed by atoms with Crippen LogP contribution in [0.15, 0.2) is 72.8 Å². The van der Waals surface area contributed by atoms with E-state index < -0.39 is 8.32 Å². The second kappa shape index (κ2) is 26.3. The molecule has 0 saturated heterocycles. The summed E-state index contributed by atoms with van der Waals surface area (Å²) in [5.41, 5.74) is 0. The van der Waals surface area contributed by atoms with Crippen molar-refractivity contribution in [2.24, 2.45) is 0 Å². The number of esters is 1. The van der Waals surface area contributed by atoms with Gasteiger partial charge in [-0.1, -0.05) is 170 Å². The molecule has 0 spiro atoms. The number of ketones is 1. The lowest BCUT2D eigenvalue weighted by atomic mass is 10.0. The van der Waals surface area contributed by atoms with Crippen LogP contribution in [-0.2, 0) is 14.3 Å². The first-order valence-electron chi connectivity index (χ1n) is 19.9. The maximum atomic E-state index is 12.3. The van der Waals surface area contributed by atoms with Gasteiger partial charge in [-0.3, -0.25) is 9.59 Å². The highest BCUT2D eigenvalue weighted by Crippen LogP contribution is 2.40. The van der Waals surface area contributed by atoms with Gasteiger partial charge in [-0.2, -0.15) is 0 Å². The van der Waals surface area contributed by atoms with Gasteiger partial charge in [-0.05, 0) is 66.8 Å². The molecule has 0 unspecified atom stereocenters. The van der Waals surface area contributed by atoms with E-state index in [1.807, 2.05) is 36.4 Å². The highest BCUT2D eigenvalue weighted by atomic mass is 28.4. The van der Waals surface area contributed by atoms with Gasteiger partial charge in [0.05, 0.1) is 7.11 Å². The van der Waals surface area contributed by atoms with E-state index in [9.17, 15) is 14.4 Å². The van der Waals surface area contributed by atoms with E-state index in [-0.39, 0.29) is 11.0 Å². The van der Waals surface area contributed by atoms with Crippen LogP contribution in [0, 0.1) is 0 Å². The zero-order chi connectivity index (χ0) is 35.5. The molecule has 0 amide bonds. The van der Waals surface area contributed by atoms with Crippen LogP contribution >= 0.6 is 0 Å². The van der Waals surface area contributed by atoms with Crippen LogP contribution in [0.2, 0.25) is 5.04 Å². The van der Waals surface area contributed by atoms with Gasteiger partial charge >= 0.3 is 5.97 Å². The van der Waals surface area contributed by atoms with Crippen molar-refractivity contribution < 1.29 is 19.1 Å². The SMILES string of the molecule is COC(=O)CCCCCCC/C=C\CCCCCCCCC(=O)CCCCCCCCCC(C)(C)[Si](O)(c1ccccc1)c1ccccc1. The molecular weight excluding hydrogens is 621 g/mol. The highest BCUT2D eigenvalue weighted by Gasteiger charge is 2.49. The van der Waals surface area contributed by atoms with Gasteiger partial charge in [0.1, 0.15) is 5.78 Å². The summed E-state index contributed by atoms with van der Waals surface area (Å²) in [7, 11) is -1.45. The Morgan fingerprint density at radius 2 is 0.939 bits per heavy atom. The molecule has 0 atom stereocenters. The van der Waals surface area contributed by atoms with Crippen LogP contribution in [0.3, 0.4) is 0 Å². The van der Waals surface area contributed by atoms with Crippen molar-refractivity contribution in [3.05, 3.63) is 72.8 Å². The Hall–Kier alpha value is -2.50. The molecule has 0 aliphatic rings. The van der Waals surface area contributed by atoms with Crippen LogP contribution in [0.4, 0.5) is 0 Å². The maximum absolute atomic E-state index is 12.3. The number of hydrogen-bond donors (Lipinski definition) is 1. The summed E-state index contributed by atoms with van der Waals surface area (Å²) in [5.74, 6) is 0.368. The second-order valence-electron chi connectivity index (χ2n) is 14.9. The van der Waals surface area contributed by atoms with Gasteiger partial charge in [0.25, 0.3) is 8.32 Å². The second-order valence-corrected chi connectivity index (χ2v) is 18.8. The summed E-state index contributed by atoms with van der Waals surface area (Å²) in [4.78, 5) is 35.7.